The van der Waals surface area contributed by atoms with Gasteiger partial charge in [-0.1, -0.05) is 25.6 Å². The lowest BCUT2D eigenvalue weighted by atomic mass is 10.1. The Bertz CT molecular complexity index is 1170. The predicted molar refractivity (Wildman–Crippen MR) is 139 cm³/mol. The van der Waals surface area contributed by atoms with Gasteiger partial charge in [-0.3, -0.25) is 0 Å². The Morgan fingerprint density at radius 2 is 1.30 bits per heavy atom. The maximum atomic E-state index is 12.5. The number of benzene rings is 2. The first kappa shape index (κ1) is 27.5. The lowest BCUT2D eigenvalue weighted by molar-refractivity contribution is -0.139. The highest BCUT2D eigenvalue weighted by atomic mass is 16.5. The van der Waals surface area contributed by atoms with Gasteiger partial charge in [0.15, 0.2) is 0 Å². The van der Waals surface area contributed by atoms with Gasteiger partial charge in [0.25, 0.3) is 0 Å². The molecule has 0 aliphatic heterocycles. The van der Waals surface area contributed by atoms with Gasteiger partial charge in [0, 0.05) is 18.4 Å². The van der Waals surface area contributed by atoms with Crippen LogP contribution in [0.25, 0.3) is 0 Å². The highest BCUT2D eigenvalue weighted by Gasteiger charge is 2.17. The van der Waals surface area contributed by atoms with E-state index in [9.17, 15) is 14.4 Å². The molecule has 7 heteroatoms. The molecule has 3 rings (SSSR count). The summed E-state index contributed by atoms with van der Waals surface area (Å²) in [7, 11) is 0. The van der Waals surface area contributed by atoms with Crippen LogP contribution in [-0.4, -0.2) is 31.1 Å². The average molecular weight is 505 g/mol. The zero-order valence-corrected chi connectivity index (χ0v) is 21.3. The number of carbonyl (C=O) groups is 3. The summed E-state index contributed by atoms with van der Waals surface area (Å²) in [4.78, 5) is 36.2. The Hall–Kier alpha value is -4.13. The van der Waals surface area contributed by atoms with Crippen molar-refractivity contribution >= 4 is 17.9 Å². The van der Waals surface area contributed by atoms with Gasteiger partial charge in [-0.15, -0.1) is 0 Å². The standard InChI is InChI=1S/C30H32O7/c1-4-22-7-9-23(10-8-22)29(32)36-26-15-17-27(18-16-26)37-30(33)24-11-13-25(14-12-24)34-19-5-6-20-35-28(31)21(2)3/h7-15,17H,2,4-6,16,18-20H2,1,3H3. The van der Waals surface area contributed by atoms with Gasteiger partial charge in [0.2, 0.25) is 0 Å². The molecule has 0 amide bonds. The summed E-state index contributed by atoms with van der Waals surface area (Å²) >= 11 is 0. The minimum Gasteiger partial charge on any atom is -0.494 e. The Labute approximate surface area is 217 Å². The molecular formula is C30H32O7. The van der Waals surface area contributed by atoms with E-state index in [2.05, 4.69) is 13.5 Å². The van der Waals surface area contributed by atoms with Crippen molar-refractivity contribution in [2.75, 3.05) is 13.2 Å². The van der Waals surface area contributed by atoms with Crippen LogP contribution in [0, 0.1) is 0 Å². The molecule has 0 fully saturated rings. The summed E-state index contributed by atoms with van der Waals surface area (Å²) in [6.45, 7) is 7.98. The van der Waals surface area contributed by atoms with Crippen molar-refractivity contribution in [2.45, 2.75) is 46.0 Å². The fourth-order valence-corrected chi connectivity index (χ4v) is 3.37. The Morgan fingerprint density at radius 1 is 0.784 bits per heavy atom. The molecule has 0 saturated carbocycles. The number of allylic oxidation sites excluding steroid dienone is 4. The first-order chi connectivity index (χ1) is 17.9. The number of hydrogen-bond acceptors (Lipinski definition) is 7. The maximum Gasteiger partial charge on any atom is 0.343 e. The SMILES string of the molecule is C=C(C)C(=O)OCCCCOc1ccc(C(=O)OC2=CC=C(OC(=O)c3ccc(CC)cc3)CC2)cc1. The molecule has 0 N–H and O–H groups in total. The Kier molecular flexibility index (Phi) is 10.3. The average Bonchev–Trinajstić information content (AvgIpc) is 2.91. The molecule has 1 aliphatic rings. The van der Waals surface area contributed by atoms with Crippen LogP contribution in [0.1, 0.15) is 65.8 Å². The summed E-state index contributed by atoms with van der Waals surface area (Å²) in [5.74, 6) is 0.398. The van der Waals surface area contributed by atoms with Crippen LogP contribution in [0.3, 0.4) is 0 Å². The second-order valence-electron chi connectivity index (χ2n) is 8.59. The van der Waals surface area contributed by atoms with Crippen molar-refractivity contribution in [3.63, 3.8) is 0 Å². The molecule has 0 spiro atoms. The van der Waals surface area contributed by atoms with E-state index < -0.39 is 11.9 Å². The fraction of sp³-hybridized carbons (Fsp3) is 0.300. The minimum absolute atomic E-state index is 0.321. The molecule has 194 valence electrons. The van der Waals surface area contributed by atoms with Crippen molar-refractivity contribution < 1.29 is 33.3 Å². The smallest absolute Gasteiger partial charge is 0.343 e. The zero-order chi connectivity index (χ0) is 26.6. The van der Waals surface area contributed by atoms with Gasteiger partial charge in [-0.05, 0) is 80.3 Å². The molecule has 0 aromatic heterocycles. The van der Waals surface area contributed by atoms with Crippen LogP contribution >= 0.6 is 0 Å². The summed E-state index contributed by atoms with van der Waals surface area (Å²) in [6, 6.07) is 14.0. The van der Waals surface area contributed by atoms with Gasteiger partial charge >= 0.3 is 17.9 Å². The molecule has 1 aliphatic carbocycles. The highest BCUT2D eigenvalue weighted by Crippen LogP contribution is 2.23. The van der Waals surface area contributed by atoms with Crippen LogP contribution in [0.2, 0.25) is 0 Å². The topological polar surface area (TPSA) is 88.1 Å². The number of unbranched alkanes of at least 4 members (excludes halogenated alkanes) is 1. The van der Waals surface area contributed by atoms with E-state index in [0.717, 1.165) is 18.4 Å². The second-order valence-corrected chi connectivity index (χ2v) is 8.59. The molecule has 2 aromatic rings. The first-order valence-electron chi connectivity index (χ1n) is 12.3. The summed E-state index contributed by atoms with van der Waals surface area (Å²) in [5, 5.41) is 0. The van der Waals surface area contributed by atoms with Crippen LogP contribution in [0.4, 0.5) is 0 Å². The van der Waals surface area contributed by atoms with Crippen LogP contribution in [-0.2, 0) is 25.4 Å². The molecule has 0 unspecified atom stereocenters. The van der Waals surface area contributed by atoms with Gasteiger partial charge < -0.3 is 18.9 Å². The van der Waals surface area contributed by atoms with Gasteiger partial charge in [0.05, 0.1) is 24.3 Å². The lowest BCUT2D eigenvalue weighted by Crippen LogP contribution is -2.10. The van der Waals surface area contributed by atoms with Crippen LogP contribution in [0.5, 0.6) is 5.75 Å². The van der Waals surface area contributed by atoms with Crippen molar-refractivity contribution in [1.82, 2.24) is 0 Å². The predicted octanol–water partition coefficient (Wildman–Crippen LogP) is 6.10. The van der Waals surface area contributed by atoms with Crippen molar-refractivity contribution in [3.05, 3.63) is 101 Å². The van der Waals surface area contributed by atoms with E-state index in [4.69, 9.17) is 18.9 Å². The molecule has 0 saturated heterocycles. The monoisotopic (exact) mass is 504 g/mol. The number of carbonyl (C=O) groups excluding carboxylic acids is 3. The van der Waals surface area contributed by atoms with E-state index in [1.54, 1.807) is 55.5 Å². The number of aryl methyl sites for hydroxylation is 1. The van der Waals surface area contributed by atoms with Gasteiger partial charge in [0.1, 0.15) is 17.3 Å². The highest BCUT2D eigenvalue weighted by molar-refractivity contribution is 5.91. The third-order valence-electron chi connectivity index (χ3n) is 5.60. The number of esters is 3. The normalized spacial score (nSPS) is 12.6. The summed E-state index contributed by atoms with van der Waals surface area (Å²) < 4.78 is 21.7. The van der Waals surface area contributed by atoms with Crippen LogP contribution in [0.15, 0.2) is 84.4 Å². The third-order valence-corrected chi connectivity index (χ3v) is 5.60. The molecule has 0 radical (unpaired) electrons. The molecule has 0 bridgehead atoms. The molecule has 0 heterocycles. The second kappa shape index (κ2) is 13.8. The van der Waals surface area contributed by atoms with Crippen molar-refractivity contribution in [3.8, 4) is 5.75 Å². The number of ether oxygens (including phenoxy) is 4. The van der Waals surface area contributed by atoms with Gasteiger partial charge in [-0.25, -0.2) is 14.4 Å². The summed E-state index contributed by atoms with van der Waals surface area (Å²) in [6.07, 6.45) is 6.51. The fourth-order valence-electron chi connectivity index (χ4n) is 3.37. The van der Waals surface area contributed by atoms with Crippen molar-refractivity contribution in [2.24, 2.45) is 0 Å². The minimum atomic E-state index is -0.470. The summed E-state index contributed by atoms with van der Waals surface area (Å²) in [5.41, 5.74) is 2.43. The van der Waals surface area contributed by atoms with Crippen LogP contribution < -0.4 is 4.74 Å². The van der Waals surface area contributed by atoms with Gasteiger partial charge in [-0.2, -0.15) is 0 Å². The lowest BCUT2D eigenvalue weighted by Gasteiger charge is -2.15. The first-order valence-corrected chi connectivity index (χ1v) is 12.3. The molecule has 0 atom stereocenters. The molecule has 2 aromatic carbocycles. The van der Waals surface area contributed by atoms with E-state index >= 15 is 0 Å². The maximum absolute atomic E-state index is 12.5. The molecule has 7 nitrogen and oxygen atoms in total. The van der Waals surface area contributed by atoms with E-state index in [1.807, 2.05) is 12.1 Å². The Morgan fingerprint density at radius 3 is 1.78 bits per heavy atom. The molecule has 37 heavy (non-hydrogen) atoms. The Balaban J connectivity index is 1.41. The zero-order valence-electron chi connectivity index (χ0n) is 21.3. The van der Waals surface area contributed by atoms with E-state index in [-0.39, 0.29) is 5.97 Å². The van der Waals surface area contributed by atoms with E-state index in [1.165, 1.54) is 0 Å². The third kappa shape index (κ3) is 8.79. The van der Waals surface area contributed by atoms with E-state index in [0.29, 0.717) is 66.4 Å². The number of rotatable bonds is 12. The number of hydrogen-bond donors (Lipinski definition) is 0. The molecular weight excluding hydrogens is 472 g/mol. The van der Waals surface area contributed by atoms with Crippen molar-refractivity contribution in [1.29, 1.82) is 0 Å². The largest absolute Gasteiger partial charge is 0.494 e. The quantitative estimate of drug-likeness (QED) is 0.149.